The Balaban J connectivity index is 1.64. The van der Waals surface area contributed by atoms with Crippen molar-refractivity contribution in [1.29, 1.82) is 0 Å². The molecule has 1 aliphatic rings. The Kier molecular flexibility index (Phi) is 24.1. The number of nitrogens with one attached hydrogen (secondary N) is 6. The fourth-order valence-electron chi connectivity index (χ4n) is 5.51. The molecule has 244 valence electrons. The topological polar surface area (TPSA) is 81.4 Å². The van der Waals surface area contributed by atoms with E-state index < -0.39 is 0 Å². The molecule has 2 rings (SSSR count). The third-order valence-electron chi connectivity index (χ3n) is 8.14. The Morgan fingerprint density at radius 2 is 0.929 bits per heavy atom. The predicted octanol–water partition coefficient (Wildman–Crippen LogP) is 5.34. The number of hydrogen-bond acceptors (Lipinski definition) is 7. The second-order valence-electron chi connectivity index (χ2n) is 12.3. The molecule has 7 nitrogen and oxygen atoms in total. The fourth-order valence-corrected chi connectivity index (χ4v) is 5.51. The fraction of sp³-hybridized carbons (Fsp3) is 0.829. The highest BCUT2D eigenvalue weighted by Gasteiger charge is 2.14. The van der Waals surface area contributed by atoms with Crippen LogP contribution in [0.2, 0.25) is 0 Å². The van der Waals surface area contributed by atoms with E-state index in [0.717, 1.165) is 110 Å². The maximum atomic E-state index is 6.37. The molecule has 6 N–H and O–H groups in total. The Labute approximate surface area is 259 Å². The van der Waals surface area contributed by atoms with Crippen LogP contribution in [0.15, 0.2) is 18.2 Å². The zero-order valence-corrected chi connectivity index (χ0v) is 27.6. The van der Waals surface area contributed by atoms with Crippen molar-refractivity contribution in [3.05, 3.63) is 29.3 Å². The van der Waals surface area contributed by atoms with Crippen molar-refractivity contribution in [3.8, 4) is 5.75 Å². The number of ether oxygens (including phenoxy) is 1. The highest BCUT2D eigenvalue weighted by Crippen LogP contribution is 2.25. The number of unbranched alkanes of at least 4 members (excludes halogenated alkanes) is 2. The van der Waals surface area contributed by atoms with E-state index in [4.69, 9.17) is 4.74 Å². The third-order valence-corrected chi connectivity index (χ3v) is 8.14. The summed E-state index contributed by atoms with van der Waals surface area (Å²) in [5, 5.41) is 21.5. The van der Waals surface area contributed by atoms with Gasteiger partial charge in [0.1, 0.15) is 5.75 Å². The summed E-state index contributed by atoms with van der Waals surface area (Å²) in [5.41, 5.74) is 2.65. The van der Waals surface area contributed by atoms with Crippen LogP contribution in [0.3, 0.4) is 0 Å². The van der Waals surface area contributed by atoms with Gasteiger partial charge in [-0.05, 0) is 146 Å². The van der Waals surface area contributed by atoms with Gasteiger partial charge in [-0.2, -0.15) is 0 Å². The summed E-state index contributed by atoms with van der Waals surface area (Å²) in [5.74, 6) is 1.77. The van der Waals surface area contributed by atoms with Gasteiger partial charge in [0, 0.05) is 13.1 Å². The molecule has 7 heteroatoms. The van der Waals surface area contributed by atoms with Crippen LogP contribution in [-0.4, -0.2) is 72.1 Å². The number of rotatable bonds is 29. The van der Waals surface area contributed by atoms with Crippen LogP contribution in [0, 0.1) is 5.92 Å². The zero-order valence-electron chi connectivity index (χ0n) is 27.6. The maximum absolute atomic E-state index is 6.37. The molecular weight excluding hydrogens is 520 g/mol. The Morgan fingerprint density at radius 3 is 1.36 bits per heavy atom. The molecule has 1 aromatic rings. The quantitative estimate of drug-likeness (QED) is 0.0705. The lowest BCUT2D eigenvalue weighted by molar-refractivity contribution is 0.208. The SMILES string of the molecule is CCCCNCCCNCCCNCc1cc(CNCCCNCCCNCCCC)cc(OCC2CCCCC2)c1. The first kappa shape index (κ1) is 37.0. The zero-order chi connectivity index (χ0) is 29.8. The van der Waals surface area contributed by atoms with Gasteiger partial charge in [0.15, 0.2) is 0 Å². The van der Waals surface area contributed by atoms with Gasteiger partial charge in [-0.3, -0.25) is 0 Å². The molecule has 0 bridgehead atoms. The molecule has 0 aromatic heterocycles. The molecular formula is C35H68N6O. The minimum atomic E-state index is 0.723. The van der Waals surface area contributed by atoms with Crippen LogP contribution in [0.5, 0.6) is 5.75 Å². The van der Waals surface area contributed by atoms with E-state index in [-0.39, 0.29) is 0 Å². The summed E-state index contributed by atoms with van der Waals surface area (Å²) in [7, 11) is 0. The molecule has 0 amide bonds. The van der Waals surface area contributed by atoms with Gasteiger partial charge in [0.25, 0.3) is 0 Å². The molecule has 0 aliphatic heterocycles. The Bertz CT molecular complexity index is 681. The van der Waals surface area contributed by atoms with Gasteiger partial charge < -0.3 is 36.6 Å². The van der Waals surface area contributed by atoms with Gasteiger partial charge >= 0.3 is 0 Å². The summed E-state index contributed by atoms with van der Waals surface area (Å²) in [6.07, 6.45) is 16.6. The van der Waals surface area contributed by atoms with Crippen molar-refractivity contribution in [2.24, 2.45) is 5.92 Å². The highest BCUT2D eigenvalue weighted by atomic mass is 16.5. The van der Waals surface area contributed by atoms with Gasteiger partial charge in [-0.25, -0.2) is 0 Å². The molecule has 1 saturated carbocycles. The molecule has 0 heterocycles. The first-order valence-electron chi connectivity index (χ1n) is 17.8. The number of benzene rings is 1. The lowest BCUT2D eigenvalue weighted by atomic mass is 9.90. The standard InChI is InChI=1S/C35H68N6O/c1-3-5-16-36-18-10-20-38-22-12-24-40-29-33-26-34(28-35(27-33)42-31-32-14-8-7-9-15-32)30-41-25-13-23-39-21-11-19-37-17-6-4-2/h26-28,32,36-41H,3-25,29-31H2,1-2H3. The van der Waals surface area contributed by atoms with Crippen LogP contribution in [0.4, 0.5) is 0 Å². The minimum Gasteiger partial charge on any atom is -0.493 e. The monoisotopic (exact) mass is 589 g/mol. The van der Waals surface area contributed by atoms with E-state index in [9.17, 15) is 0 Å². The van der Waals surface area contributed by atoms with Crippen LogP contribution in [-0.2, 0) is 13.1 Å². The molecule has 1 fully saturated rings. The summed E-state index contributed by atoms with van der Waals surface area (Å²) in [6.45, 7) is 18.1. The summed E-state index contributed by atoms with van der Waals surface area (Å²) < 4.78 is 6.37. The van der Waals surface area contributed by atoms with Gasteiger partial charge in [0.05, 0.1) is 6.61 Å². The summed E-state index contributed by atoms with van der Waals surface area (Å²) >= 11 is 0. The molecule has 42 heavy (non-hydrogen) atoms. The van der Waals surface area contributed by atoms with Crippen LogP contribution >= 0.6 is 0 Å². The van der Waals surface area contributed by atoms with E-state index in [1.54, 1.807) is 0 Å². The lowest BCUT2D eigenvalue weighted by Crippen LogP contribution is -2.25. The molecule has 1 aromatic carbocycles. The van der Waals surface area contributed by atoms with Crippen molar-refractivity contribution >= 4 is 0 Å². The normalized spacial score (nSPS) is 14.0. The van der Waals surface area contributed by atoms with Crippen molar-refractivity contribution < 1.29 is 4.74 Å². The van der Waals surface area contributed by atoms with E-state index in [2.05, 4.69) is 63.9 Å². The van der Waals surface area contributed by atoms with E-state index in [0.29, 0.717) is 0 Å². The Morgan fingerprint density at radius 1 is 0.524 bits per heavy atom. The largest absolute Gasteiger partial charge is 0.493 e. The van der Waals surface area contributed by atoms with Crippen molar-refractivity contribution in [2.75, 3.05) is 72.1 Å². The molecule has 1 aliphatic carbocycles. The number of hydrogen-bond donors (Lipinski definition) is 6. The minimum absolute atomic E-state index is 0.723. The van der Waals surface area contributed by atoms with E-state index in [1.807, 2.05) is 0 Å². The van der Waals surface area contributed by atoms with E-state index >= 15 is 0 Å². The predicted molar refractivity (Wildman–Crippen MR) is 182 cm³/mol. The average molecular weight is 589 g/mol. The van der Waals surface area contributed by atoms with Crippen molar-refractivity contribution in [2.45, 2.75) is 110 Å². The van der Waals surface area contributed by atoms with Crippen LogP contribution < -0.4 is 36.6 Å². The van der Waals surface area contributed by atoms with E-state index in [1.165, 1.54) is 81.8 Å². The molecule has 0 spiro atoms. The maximum Gasteiger partial charge on any atom is 0.119 e. The molecule has 0 unspecified atom stereocenters. The highest BCUT2D eigenvalue weighted by molar-refractivity contribution is 5.34. The Hall–Kier alpha value is -1.22. The molecule has 0 saturated heterocycles. The molecule has 0 atom stereocenters. The van der Waals surface area contributed by atoms with Crippen molar-refractivity contribution in [1.82, 2.24) is 31.9 Å². The second kappa shape index (κ2) is 27.3. The lowest BCUT2D eigenvalue weighted by Gasteiger charge is -2.22. The first-order chi connectivity index (χ1) is 20.8. The summed E-state index contributed by atoms with van der Waals surface area (Å²) in [4.78, 5) is 0. The van der Waals surface area contributed by atoms with Gasteiger partial charge in [-0.15, -0.1) is 0 Å². The van der Waals surface area contributed by atoms with Gasteiger partial charge in [0.2, 0.25) is 0 Å². The average Bonchev–Trinajstić information content (AvgIpc) is 3.01. The summed E-state index contributed by atoms with van der Waals surface area (Å²) in [6, 6.07) is 6.86. The van der Waals surface area contributed by atoms with Crippen LogP contribution in [0.25, 0.3) is 0 Å². The second-order valence-corrected chi connectivity index (χ2v) is 12.3. The smallest absolute Gasteiger partial charge is 0.119 e. The van der Waals surface area contributed by atoms with Crippen molar-refractivity contribution in [3.63, 3.8) is 0 Å². The van der Waals surface area contributed by atoms with Gasteiger partial charge in [-0.1, -0.05) is 52.0 Å². The van der Waals surface area contributed by atoms with Crippen LogP contribution in [0.1, 0.15) is 108 Å². The molecule has 0 radical (unpaired) electrons. The third kappa shape index (κ3) is 20.6. The first-order valence-corrected chi connectivity index (χ1v) is 17.8.